The highest BCUT2D eigenvalue weighted by atomic mass is 32.2. The Bertz CT molecular complexity index is 1090. The number of rotatable bonds is 8. The van der Waals surface area contributed by atoms with E-state index in [2.05, 4.69) is 71.0 Å². The van der Waals surface area contributed by atoms with E-state index >= 15 is 0 Å². The number of hydrogen-bond acceptors (Lipinski definition) is 7. The molecular weight excluding hydrogens is 442 g/mol. The summed E-state index contributed by atoms with van der Waals surface area (Å²) in [5.74, 6) is 1.33. The molecule has 7 nitrogen and oxygen atoms in total. The van der Waals surface area contributed by atoms with Crippen molar-refractivity contribution < 1.29 is 9.53 Å². The molecule has 4 rings (SSSR count). The van der Waals surface area contributed by atoms with Gasteiger partial charge in [0.25, 0.3) is 0 Å². The molecule has 1 saturated heterocycles. The Morgan fingerprint density at radius 1 is 1.31 bits per heavy atom. The first-order valence-electron chi connectivity index (χ1n) is 10.9. The largest absolute Gasteiger partial charge is 0.376 e. The number of aryl methyl sites for hydroxylation is 2. The Kier molecular flexibility index (Phi) is 7.27. The molecule has 1 amide bonds. The van der Waals surface area contributed by atoms with Crippen molar-refractivity contribution in [1.82, 2.24) is 19.7 Å². The quantitative estimate of drug-likeness (QED) is 0.463. The van der Waals surface area contributed by atoms with Crippen LogP contribution in [0.2, 0.25) is 0 Å². The SMILES string of the molecule is Cc1ccc(-c2csc(NC(=O)CSc3nnc(C(C)C)n3CC3CCCO3)n2)cc1C. The van der Waals surface area contributed by atoms with E-state index in [1.165, 1.54) is 34.2 Å². The first-order chi connectivity index (χ1) is 15.4. The molecule has 0 saturated carbocycles. The minimum Gasteiger partial charge on any atom is -0.376 e. The molecular formula is C23H29N5O2S2. The maximum absolute atomic E-state index is 12.6. The van der Waals surface area contributed by atoms with Crippen LogP contribution in [-0.4, -0.2) is 44.1 Å². The number of anilines is 1. The molecule has 1 unspecified atom stereocenters. The van der Waals surface area contributed by atoms with E-state index in [0.29, 0.717) is 5.13 Å². The fourth-order valence-corrected chi connectivity index (χ4v) is 5.14. The number of hydrogen-bond donors (Lipinski definition) is 1. The lowest BCUT2D eigenvalue weighted by Crippen LogP contribution is -2.19. The molecule has 1 N–H and O–H groups in total. The third kappa shape index (κ3) is 5.39. The van der Waals surface area contributed by atoms with Crippen LogP contribution in [0.25, 0.3) is 11.3 Å². The van der Waals surface area contributed by atoms with E-state index in [9.17, 15) is 4.79 Å². The number of carbonyl (C=O) groups is 1. The second-order valence-electron chi connectivity index (χ2n) is 8.41. The molecule has 170 valence electrons. The van der Waals surface area contributed by atoms with Gasteiger partial charge in [0.15, 0.2) is 10.3 Å². The fraction of sp³-hybridized carbons (Fsp3) is 0.478. The normalized spacial score (nSPS) is 16.1. The highest BCUT2D eigenvalue weighted by molar-refractivity contribution is 7.99. The number of thiazole rings is 1. The van der Waals surface area contributed by atoms with Crippen LogP contribution >= 0.6 is 23.1 Å². The highest BCUT2D eigenvalue weighted by Crippen LogP contribution is 2.28. The number of nitrogens with zero attached hydrogens (tertiary/aromatic N) is 4. The monoisotopic (exact) mass is 471 g/mol. The van der Waals surface area contributed by atoms with Crippen molar-refractivity contribution in [2.24, 2.45) is 0 Å². The van der Waals surface area contributed by atoms with Gasteiger partial charge >= 0.3 is 0 Å². The standard InChI is InChI=1S/C23H29N5O2S2/c1-14(2)21-26-27-23(28(21)11-18-6-5-9-30-18)32-13-20(29)25-22-24-19(12-31-22)17-8-7-15(3)16(4)10-17/h7-8,10,12,14,18H,5-6,9,11,13H2,1-4H3,(H,24,25,29). The molecule has 1 aliphatic heterocycles. The van der Waals surface area contributed by atoms with Crippen LogP contribution < -0.4 is 5.32 Å². The Hall–Kier alpha value is -2.23. The van der Waals surface area contributed by atoms with Crippen LogP contribution in [0, 0.1) is 13.8 Å². The molecule has 3 aromatic rings. The van der Waals surface area contributed by atoms with Gasteiger partial charge in [0.2, 0.25) is 5.91 Å². The van der Waals surface area contributed by atoms with E-state index in [-0.39, 0.29) is 23.7 Å². The molecule has 1 atom stereocenters. The summed E-state index contributed by atoms with van der Waals surface area (Å²) < 4.78 is 7.91. The van der Waals surface area contributed by atoms with Gasteiger partial charge in [-0.1, -0.05) is 37.7 Å². The average molecular weight is 472 g/mol. The predicted octanol–water partition coefficient (Wildman–Crippen LogP) is 5.05. The summed E-state index contributed by atoms with van der Waals surface area (Å²) in [6.07, 6.45) is 2.33. The van der Waals surface area contributed by atoms with Gasteiger partial charge in [-0.05, 0) is 43.9 Å². The van der Waals surface area contributed by atoms with Crippen molar-refractivity contribution in [2.45, 2.75) is 64.3 Å². The molecule has 3 heterocycles. The van der Waals surface area contributed by atoms with E-state index < -0.39 is 0 Å². The van der Waals surface area contributed by atoms with Crippen LogP contribution in [0.3, 0.4) is 0 Å². The van der Waals surface area contributed by atoms with Crippen molar-refractivity contribution >= 4 is 34.1 Å². The molecule has 0 radical (unpaired) electrons. The smallest absolute Gasteiger partial charge is 0.236 e. The van der Waals surface area contributed by atoms with Gasteiger partial charge in [-0.2, -0.15) is 0 Å². The first kappa shape index (κ1) is 22.9. The predicted molar refractivity (Wildman–Crippen MR) is 129 cm³/mol. The maximum Gasteiger partial charge on any atom is 0.236 e. The molecule has 1 aliphatic rings. The maximum atomic E-state index is 12.6. The Morgan fingerprint density at radius 2 is 2.16 bits per heavy atom. The third-order valence-corrected chi connectivity index (χ3v) is 7.28. The first-order valence-corrected chi connectivity index (χ1v) is 12.8. The minimum atomic E-state index is -0.103. The van der Waals surface area contributed by atoms with Gasteiger partial charge in [0, 0.05) is 23.5 Å². The number of ether oxygens (including phenoxy) is 1. The zero-order valence-electron chi connectivity index (χ0n) is 18.9. The molecule has 0 aliphatic carbocycles. The zero-order valence-corrected chi connectivity index (χ0v) is 20.6. The van der Waals surface area contributed by atoms with E-state index in [0.717, 1.165) is 48.2 Å². The van der Waals surface area contributed by atoms with Crippen molar-refractivity contribution in [2.75, 3.05) is 17.7 Å². The lowest BCUT2D eigenvalue weighted by atomic mass is 10.1. The third-order valence-electron chi connectivity index (χ3n) is 5.56. The summed E-state index contributed by atoms with van der Waals surface area (Å²) in [7, 11) is 0. The summed E-state index contributed by atoms with van der Waals surface area (Å²) in [4.78, 5) is 17.2. The average Bonchev–Trinajstić information content (AvgIpc) is 3.50. The van der Waals surface area contributed by atoms with E-state index in [1.807, 2.05) is 5.38 Å². The molecule has 9 heteroatoms. The van der Waals surface area contributed by atoms with Gasteiger partial charge in [-0.15, -0.1) is 21.5 Å². The van der Waals surface area contributed by atoms with Crippen LogP contribution in [0.1, 0.15) is 49.6 Å². The van der Waals surface area contributed by atoms with Gasteiger partial charge in [0.05, 0.1) is 24.1 Å². The molecule has 0 spiro atoms. The molecule has 32 heavy (non-hydrogen) atoms. The van der Waals surface area contributed by atoms with Crippen molar-refractivity contribution in [3.63, 3.8) is 0 Å². The molecule has 0 bridgehead atoms. The van der Waals surface area contributed by atoms with Crippen LogP contribution in [0.4, 0.5) is 5.13 Å². The van der Waals surface area contributed by atoms with Crippen LogP contribution in [0.15, 0.2) is 28.7 Å². The Labute approximate surface area is 197 Å². The van der Waals surface area contributed by atoms with Gasteiger partial charge in [-0.3, -0.25) is 4.79 Å². The van der Waals surface area contributed by atoms with Crippen molar-refractivity contribution in [1.29, 1.82) is 0 Å². The Morgan fingerprint density at radius 3 is 2.88 bits per heavy atom. The zero-order chi connectivity index (χ0) is 22.7. The van der Waals surface area contributed by atoms with E-state index in [4.69, 9.17) is 4.74 Å². The lowest BCUT2D eigenvalue weighted by molar-refractivity contribution is -0.113. The van der Waals surface area contributed by atoms with Crippen LogP contribution in [-0.2, 0) is 16.1 Å². The second-order valence-corrected chi connectivity index (χ2v) is 10.2. The Balaban J connectivity index is 1.38. The van der Waals surface area contributed by atoms with Crippen molar-refractivity contribution in [3.05, 3.63) is 40.5 Å². The van der Waals surface area contributed by atoms with Crippen LogP contribution in [0.5, 0.6) is 0 Å². The highest BCUT2D eigenvalue weighted by Gasteiger charge is 2.22. The van der Waals surface area contributed by atoms with E-state index in [1.54, 1.807) is 0 Å². The summed E-state index contributed by atoms with van der Waals surface area (Å²) in [5.41, 5.74) is 4.41. The number of aromatic nitrogens is 4. The summed E-state index contributed by atoms with van der Waals surface area (Å²) in [5, 5.41) is 15.0. The fourth-order valence-electron chi connectivity index (χ4n) is 3.65. The number of thioether (sulfide) groups is 1. The minimum absolute atomic E-state index is 0.103. The summed E-state index contributed by atoms with van der Waals surface area (Å²) in [6, 6.07) is 6.28. The lowest BCUT2D eigenvalue weighted by Gasteiger charge is -2.15. The topological polar surface area (TPSA) is 81.9 Å². The molecule has 1 aromatic carbocycles. The second kappa shape index (κ2) is 10.1. The van der Waals surface area contributed by atoms with Gasteiger partial charge in [0.1, 0.15) is 5.82 Å². The van der Waals surface area contributed by atoms with Crippen molar-refractivity contribution in [3.8, 4) is 11.3 Å². The van der Waals surface area contributed by atoms with Gasteiger partial charge < -0.3 is 14.6 Å². The van der Waals surface area contributed by atoms with Gasteiger partial charge in [-0.25, -0.2) is 4.98 Å². The molecule has 2 aromatic heterocycles. The number of amides is 1. The molecule has 1 fully saturated rings. The number of carbonyl (C=O) groups excluding carboxylic acids is 1. The number of benzene rings is 1. The summed E-state index contributed by atoms with van der Waals surface area (Å²) in [6.45, 7) is 9.94. The summed E-state index contributed by atoms with van der Waals surface area (Å²) >= 11 is 2.84. The number of nitrogens with one attached hydrogen (secondary N) is 1.